The molecule has 0 rings (SSSR count). The van der Waals surface area contributed by atoms with Crippen LogP contribution >= 0.6 is 7.82 Å². The Kier molecular flexibility index (Phi) is 47.9. The van der Waals surface area contributed by atoms with E-state index in [4.69, 9.17) is 18.5 Å². The van der Waals surface area contributed by atoms with Crippen LogP contribution in [0.3, 0.4) is 0 Å². The topological polar surface area (TPSA) is 94.1 Å². The van der Waals surface area contributed by atoms with Gasteiger partial charge < -0.3 is 27.9 Å². The van der Waals surface area contributed by atoms with Gasteiger partial charge in [0.05, 0.1) is 34.4 Å². The molecule has 386 valence electrons. The summed E-state index contributed by atoms with van der Waals surface area (Å²) >= 11 is 0. The Bertz CT molecular complexity index is 1390. The first-order valence-electron chi connectivity index (χ1n) is 27.0. The number of phosphoric acid groups is 1. The molecule has 0 aromatic rings. The first-order valence-corrected chi connectivity index (χ1v) is 28.4. The summed E-state index contributed by atoms with van der Waals surface area (Å²) in [5, 5.41) is 0. The fourth-order valence-corrected chi connectivity index (χ4v) is 7.73. The summed E-state index contributed by atoms with van der Waals surface area (Å²) in [4.78, 5) is 25.2. The molecule has 2 unspecified atom stereocenters. The molecule has 0 aliphatic rings. The van der Waals surface area contributed by atoms with Gasteiger partial charge in [0.15, 0.2) is 0 Å². The highest BCUT2D eigenvalue weighted by atomic mass is 31.2. The lowest BCUT2D eigenvalue weighted by molar-refractivity contribution is -0.870. The van der Waals surface area contributed by atoms with Crippen LogP contribution in [0.15, 0.2) is 97.2 Å². The molecule has 0 heterocycles. The van der Waals surface area contributed by atoms with Crippen LogP contribution in [0.2, 0.25) is 0 Å². The maximum Gasteiger partial charge on any atom is 0.306 e. The van der Waals surface area contributed by atoms with Crippen molar-refractivity contribution in [2.75, 3.05) is 54.1 Å². The first kappa shape index (κ1) is 64.4. The van der Waals surface area contributed by atoms with Crippen LogP contribution in [0, 0.1) is 0 Å². The molecule has 9 heteroatoms. The van der Waals surface area contributed by atoms with Crippen LogP contribution in [0.4, 0.5) is 0 Å². The van der Waals surface area contributed by atoms with E-state index in [0.29, 0.717) is 24.1 Å². The van der Waals surface area contributed by atoms with Gasteiger partial charge in [-0.1, -0.05) is 207 Å². The number of ether oxygens (including phenoxy) is 2. The standard InChI is InChI=1S/C58H102NO7P/c1-6-8-10-12-14-16-18-20-22-24-26-28-29-30-31-32-33-35-37-39-41-43-45-47-49-51-58(60)66-57(56-65-67(61,62)64-54-52-59(3,4)5)55-63-53-50-48-46-44-42-40-38-36-34-27-25-23-21-19-17-15-13-11-9-7-2/h9,11,15,17-18,20-21,23-24,26-27,34,38,40,44,46,57H,6-8,10,12-14,16,19,22,25,28-33,35-37,39,41-43,45,47-56H2,1-5H3/b11-9-,17-15-,20-18-,23-21-,26-24-,34-27-,40-38-,46-44-. The van der Waals surface area contributed by atoms with Crippen molar-refractivity contribution in [3.8, 4) is 0 Å². The van der Waals surface area contributed by atoms with Crippen molar-refractivity contribution in [3.63, 3.8) is 0 Å². The van der Waals surface area contributed by atoms with E-state index in [1.807, 2.05) is 21.1 Å². The van der Waals surface area contributed by atoms with Crippen LogP contribution in [0.5, 0.6) is 0 Å². The lowest BCUT2D eigenvalue weighted by Gasteiger charge is -2.28. The number of rotatable bonds is 49. The van der Waals surface area contributed by atoms with Crippen LogP contribution in [-0.4, -0.2) is 70.7 Å². The van der Waals surface area contributed by atoms with Crippen molar-refractivity contribution in [2.45, 2.75) is 213 Å². The number of phosphoric ester groups is 1. The molecule has 0 aliphatic heterocycles. The molecular formula is C58H102NO7P. The number of quaternary nitrogens is 1. The van der Waals surface area contributed by atoms with Gasteiger partial charge in [-0.05, 0) is 89.9 Å². The molecule has 0 aliphatic carbocycles. The summed E-state index contributed by atoms with van der Waals surface area (Å²) in [7, 11) is 1.31. The molecule has 0 radical (unpaired) electrons. The molecule has 0 saturated carbocycles. The minimum atomic E-state index is -4.55. The molecule has 0 aromatic carbocycles. The smallest absolute Gasteiger partial charge is 0.306 e. The Morgan fingerprint density at radius 2 is 0.866 bits per heavy atom. The zero-order valence-electron chi connectivity index (χ0n) is 43.8. The maximum atomic E-state index is 12.8. The lowest BCUT2D eigenvalue weighted by Crippen LogP contribution is -2.37. The highest BCUT2D eigenvalue weighted by molar-refractivity contribution is 7.45. The van der Waals surface area contributed by atoms with Crippen molar-refractivity contribution < 1.29 is 37.3 Å². The first-order chi connectivity index (χ1) is 32.6. The maximum absolute atomic E-state index is 12.8. The van der Waals surface area contributed by atoms with Gasteiger partial charge in [-0.2, -0.15) is 0 Å². The third kappa shape index (κ3) is 54.2. The summed E-state index contributed by atoms with van der Waals surface area (Å²) in [6.45, 7) is 5.12. The van der Waals surface area contributed by atoms with Gasteiger partial charge in [0, 0.05) is 13.0 Å². The molecule has 0 saturated heterocycles. The summed E-state index contributed by atoms with van der Waals surface area (Å²) in [5.41, 5.74) is 0. The summed E-state index contributed by atoms with van der Waals surface area (Å²) < 4.78 is 34.7. The molecule has 2 atom stereocenters. The fraction of sp³-hybridized carbons (Fsp3) is 0.707. The number of hydrogen-bond acceptors (Lipinski definition) is 7. The lowest BCUT2D eigenvalue weighted by atomic mass is 10.0. The highest BCUT2D eigenvalue weighted by Crippen LogP contribution is 2.38. The minimum absolute atomic E-state index is 0.0103. The zero-order valence-corrected chi connectivity index (χ0v) is 44.7. The Morgan fingerprint density at radius 3 is 1.30 bits per heavy atom. The Hall–Kier alpha value is -2.58. The van der Waals surface area contributed by atoms with E-state index in [9.17, 15) is 14.3 Å². The van der Waals surface area contributed by atoms with Gasteiger partial charge in [-0.25, -0.2) is 0 Å². The van der Waals surface area contributed by atoms with E-state index in [-0.39, 0.29) is 25.8 Å². The van der Waals surface area contributed by atoms with Gasteiger partial charge in [0.2, 0.25) is 0 Å². The molecule has 0 spiro atoms. The normalized spacial score (nSPS) is 14.3. The Morgan fingerprint density at radius 1 is 0.478 bits per heavy atom. The third-order valence-electron chi connectivity index (χ3n) is 11.1. The second-order valence-corrected chi connectivity index (χ2v) is 20.3. The number of allylic oxidation sites excluding steroid dienone is 16. The van der Waals surface area contributed by atoms with Gasteiger partial charge in [-0.15, -0.1) is 0 Å². The monoisotopic (exact) mass is 956 g/mol. The van der Waals surface area contributed by atoms with Crippen molar-refractivity contribution >= 4 is 13.8 Å². The largest absolute Gasteiger partial charge is 0.756 e. The van der Waals surface area contributed by atoms with Crippen LogP contribution in [0.25, 0.3) is 0 Å². The summed E-state index contributed by atoms with van der Waals surface area (Å²) in [6, 6.07) is 0. The fourth-order valence-electron chi connectivity index (χ4n) is 7.01. The number of likely N-dealkylation sites (N-methyl/N-ethyl adjacent to an activating group) is 1. The third-order valence-corrected chi connectivity index (χ3v) is 12.1. The average Bonchev–Trinajstić information content (AvgIpc) is 3.29. The summed E-state index contributed by atoms with van der Waals surface area (Å²) in [6.07, 6.45) is 68.8. The van der Waals surface area contributed by atoms with Gasteiger partial charge in [-0.3, -0.25) is 9.36 Å². The van der Waals surface area contributed by atoms with Gasteiger partial charge >= 0.3 is 5.97 Å². The van der Waals surface area contributed by atoms with Gasteiger partial charge in [0.25, 0.3) is 7.82 Å². The SMILES string of the molecule is CC/C=C\C/C=C\C/C=C\C/C=C\C/C=C\C/C=C\CCCOCC(COP(=O)([O-])OCC[N+](C)(C)C)OC(=O)CCCCCCCCCCCCCCC/C=C\C/C=C\CCCCCCC. The molecule has 0 fully saturated rings. The van der Waals surface area contributed by atoms with Crippen LogP contribution < -0.4 is 4.89 Å². The van der Waals surface area contributed by atoms with Crippen LogP contribution in [0.1, 0.15) is 206 Å². The number of unbranched alkanes of at least 4 members (excludes halogenated alkanes) is 19. The second-order valence-electron chi connectivity index (χ2n) is 18.9. The van der Waals surface area contributed by atoms with Gasteiger partial charge in [0.1, 0.15) is 19.3 Å². The van der Waals surface area contributed by atoms with Crippen molar-refractivity contribution in [1.29, 1.82) is 0 Å². The van der Waals surface area contributed by atoms with Crippen molar-refractivity contribution in [3.05, 3.63) is 97.2 Å². The van der Waals surface area contributed by atoms with Crippen molar-refractivity contribution in [1.82, 2.24) is 0 Å². The van der Waals surface area contributed by atoms with Crippen LogP contribution in [-0.2, 0) is 27.9 Å². The number of esters is 1. The van der Waals surface area contributed by atoms with E-state index in [2.05, 4.69) is 111 Å². The average molecular weight is 956 g/mol. The number of carbonyl (C=O) groups excluding carboxylic acids is 1. The summed E-state index contributed by atoms with van der Waals surface area (Å²) in [5.74, 6) is -0.357. The molecule has 0 bridgehead atoms. The second kappa shape index (κ2) is 49.8. The quantitative estimate of drug-likeness (QED) is 0.0197. The minimum Gasteiger partial charge on any atom is -0.756 e. The Labute approximate surface area is 413 Å². The van der Waals surface area contributed by atoms with E-state index < -0.39 is 13.9 Å². The van der Waals surface area contributed by atoms with E-state index in [1.165, 1.54) is 109 Å². The highest BCUT2D eigenvalue weighted by Gasteiger charge is 2.20. The molecule has 0 amide bonds. The van der Waals surface area contributed by atoms with E-state index in [1.54, 1.807) is 0 Å². The predicted molar refractivity (Wildman–Crippen MR) is 286 cm³/mol. The molecule has 8 nitrogen and oxygen atoms in total. The number of hydrogen-bond donors (Lipinski definition) is 0. The molecular weight excluding hydrogens is 854 g/mol. The van der Waals surface area contributed by atoms with Crippen molar-refractivity contribution in [2.24, 2.45) is 0 Å². The number of nitrogens with zero attached hydrogens (tertiary/aromatic N) is 1. The molecule has 67 heavy (non-hydrogen) atoms. The Balaban J connectivity index is 4.20. The van der Waals surface area contributed by atoms with E-state index in [0.717, 1.165) is 77.0 Å². The van der Waals surface area contributed by atoms with E-state index >= 15 is 0 Å². The number of carbonyl (C=O) groups is 1. The molecule has 0 N–H and O–H groups in total. The zero-order chi connectivity index (χ0) is 49.0. The predicted octanol–water partition coefficient (Wildman–Crippen LogP) is 16.3. The molecule has 0 aromatic heterocycles.